The van der Waals surface area contributed by atoms with Gasteiger partial charge in [0.2, 0.25) is 5.91 Å². The first kappa shape index (κ1) is 9.93. The van der Waals surface area contributed by atoms with E-state index in [4.69, 9.17) is 4.74 Å². The summed E-state index contributed by atoms with van der Waals surface area (Å²) < 4.78 is 5.44. The number of carbonyl (C=O) groups is 1. The van der Waals surface area contributed by atoms with Crippen molar-refractivity contribution in [3.05, 3.63) is 0 Å². The van der Waals surface area contributed by atoms with Crippen LogP contribution in [0.5, 0.6) is 0 Å². The van der Waals surface area contributed by atoms with Crippen LogP contribution in [0.15, 0.2) is 0 Å². The zero-order chi connectivity index (χ0) is 9.80. The zero-order valence-electron chi connectivity index (χ0n) is 8.42. The van der Waals surface area contributed by atoms with Crippen molar-refractivity contribution in [2.75, 3.05) is 26.2 Å². The molecule has 0 aromatic heterocycles. The first-order chi connectivity index (χ1) is 6.86. The van der Waals surface area contributed by atoms with Crippen molar-refractivity contribution in [2.45, 2.75) is 25.4 Å². The number of amides is 1. The Kier molecular flexibility index (Phi) is 3.37. The van der Waals surface area contributed by atoms with Crippen LogP contribution in [0.4, 0.5) is 0 Å². The SMILES string of the molecule is O=C(NC[C@@H]1CCCO1)[C@@H]1CCNC1. The molecular weight excluding hydrogens is 180 g/mol. The molecule has 0 bridgehead atoms. The van der Waals surface area contributed by atoms with Gasteiger partial charge in [0.05, 0.1) is 12.0 Å². The van der Waals surface area contributed by atoms with E-state index < -0.39 is 0 Å². The Bertz CT molecular complexity index is 196. The maximum atomic E-state index is 11.6. The highest BCUT2D eigenvalue weighted by Crippen LogP contribution is 2.11. The third-order valence-corrected chi connectivity index (χ3v) is 2.96. The highest BCUT2D eigenvalue weighted by atomic mass is 16.5. The lowest BCUT2D eigenvalue weighted by atomic mass is 10.1. The molecule has 80 valence electrons. The van der Waals surface area contributed by atoms with Crippen LogP contribution in [0.25, 0.3) is 0 Å². The smallest absolute Gasteiger partial charge is 0.224 e. The van der Waals surface area contributed by atoms with E-state index in [0.29, 0.717) is 6.54 Å². The van der Waals surface area contributed by atoms with Gasteiger partial charge >= 0.3 is 0 Å². The highest BCUT2D eigenvalue weighted by Gasteiger charge is 2.23. The molecule has 0 aromatic carbocycles. The van der Waals surface area contributed by atoms with Gasteiger partial charge in [0.25, 0.3) is 0 Å². The molecule has 0 spiro atoms. The molecule has 0 aromatic rings. The number of carbonyl (C=O) groups excluding carboxylic acids is 1. The van der Waals surface area contributed by atoms with Gasteiger partial charge in [0.1, 0.15) is 0 Å². The number of hydrogen-bond donors (Lipinski definition) is 2. The molecule has 14 heavy (non-hydrogen) atoms. The average Bonchev–Trinajstić information content (AvgIpc) is 2.87. The van der Waals surface area contributed by atoms with Gasteiger partial charge < -0.3 is 15.4 Å². The summed E-state index contributed by atoms with van der Waals surface area (Å²) in [4.78, 5) is 11.6. The first-order valence-corrected chi connectivity index (χ1v) is 5.46. The predicted molar refractivity (Wildman–Crippen MR) is 53.0 cm³/mol. The third kappa shape index (κ3) is 2.45. The molecule has 0 aliphatic carbocycles. The predicted octanol–water partition coefficient (Wildman–Crippen LogP) is -0.109. The monoisotopic (exact) mass is 198 g/mol. The van der Waals surface area contributed by atoms with E-state index in [9.17, 15) is 4.79 Å². The fraction of sp³-hybridized carbons (Fsp3) is 0.900. The molecule has 2 N–H and O–H groups in total. The van der Waals surface area contributed by atoms with Crippen LogP contribution in [-0.4, -0.2) is 38.3 Å². The van der Waals surface area contributed by atoms with Gasteiger partial charge in [0.15, 0.2) is 0 Å². The molecule has 2 fully saturated rings. The van der Waals surface area contributed by atoms with E-state index in [2.05, 4.69) is 10.6 Å². The van der Waals surface area contributed by atoms with Crippen LogP contribution in [-0.2, 0) is 9.53 Å². The van der Waals surface area contributed by atoms with Crippen molar-refractivity contribution >= 4 is 5.91 Å². The van der Waals surface area contributed by atoms with Crippen LogP contribution in [0.3, 0.4) is 0 Å². The minimum Gasteiger partial charge on any atom is -0.376 e. The van der Waals surface area contributed by atoms with Crippen LogP contribution in [0, 0.1) is 5.92 Å². The quantitative estimate of drug-likeness (QED) is 0.665. The van der Waals surface area contributed by atoms with Gasteiger partial charge in [-0.3, -0.25) is 4.79 Å². The van der Waals surface area contributed by atoms with E-state index in [0.717, 1.165) is 39.0 Å². The maximum Gasteiger partial charge on any atom is 0.224 e. The lowest BCUT2D eigenvalue weighted by Crippen LogP contribution is -2.36. The number of rotatable bonds is 3. The van der Waals surface area contributed by atoms with E-state index in [1.807, 2.05) is 0 Å². The number of ether oxygens (including phenoxy) is 1. The Balaban J connectivity index is 1.66. The molecule has 2 aliphatic rings. The Morgan fingerprint density at radius 2 is 2.43 bits per heavy atom. The molecule has 2 atom stereocenters. The van der Waals surface area contributed by atoms with E-state index in [-0.39, 0.29) is 17.9 Å². The normalized spacial score (nSPS) is 32.0. The topological polar surface area (TPSA) is 50.4 Å². The molecular formula is C10H18N2O2. The van der Waals surface area contributed by atoms with Crippen LogP contribution >= 0.6 is 0 Å². The fourth-order valence-electron chi connectivity index (χ4n) is 2.04. The Morgan fingerprint density at radius 1 is 1.50 bits per heavy atom. The lowest BCUT2D eigenvalue weighted by molar-refractivity contribution is -0.124. The van der Waals surface area contributed by atoms with Gasteiger partial charge in [0, 0.05) is 19.7 Å². The second kappa shape index (κ2) is 4.75. The summed E-state index contributed by atoms with van der Waals surface area (Å²) in [6.45, 7) is 3.34. The van der Waals surface area contributed by atoms with Gasteiger partial charge in [-0.2, -0.15) is 0 Å². The van der Waals surface area contributed by atoms with Gasteiger partial charge in [-0.05, 0) is 25.8 Å². The first-order valence-electron chi connectivity index (χ1n) is 5.46. The second-order valence-corrected chi connectivity index (χ2v) is 4.07. The minimum atomic E-state index is 0.177. The Morgan fingerprint density at radius 3 is 3.07 bits per heavy atom. The second-order valence-electron chi connectivity index (χ2n) is 4.07. The molecule has 4 nitrogen and oxygen atoms in total. The Labute approximate surface area is 84.4 Å². The van der Waals surface area contributed by atoms with E-state index >= 15 is 0 Å². The molecule has 2 heterocycles. The molecule has 0 unspecified atom stereocenters. The summed E-state index contributed by atoms with van der Waals surface area (Å²) in [5.74, 6) is 0.363. The molecule has 2 rings (SSSR count). The summed E-state index contributed by atoms with van der Waals surface area (Å²) >= 11 is 0. The third-order valence-electron chi connectivity index (χ3n) is 2.96. The van der Waals surface area contributed by atoms with Gasteiger partial charge in [-0.25, -0.2) is 0 Å². The van der Waals surface area contributed by atoms with Crippen molar-refractivity contribution in [3.63, 3.8) is 0 Å². The van der Waals surface area contributed by atoms with Crippen LogP contribution in [0.2, 0.25) is 0 Å². The van der Waals surface area contributed by atoms with Crippen LogP contribution in [0.1, 0.15) is 19.3 Å². The molecule has 1 amide bonds. The van der Waals surface area contributed by atoms with Crippen molar-refractivity contribution in [2.24, 2.45) is 5.92 Å². The summed E-state index contributed by atoms with van der Waals surface area (Å²) in [6.07, 6.45) is 3.44. The van der Waals surface area contributed by atoms with E-state index in [1.54, 1.807) is 0 Å². The standard InChI is InChI=1S/C10H18N2O2/c13-10(8-3-4-11-6-8)12-7-9-2-1-5-14-9/h8-9,11H,1-7H2,(H,12,13)/t8-,9+/m1/s1. The van der Waals surface area contributed by atoms with Crippen molar-refractivity contribution in [1.82, 2.24) is 10.6 Å². The van der Waals surface area contributed by atoms with Gasteiger partial charge in [-0.15, -0.1) is 0 Å². The average molecular weight is 198 g/mol. The van der Waals surface area contributed by atoms with Crippen molar-refractivity contribution < 1.29 is 9.53 Å². The maximum absolute atomic E-state index is 11.6. The molecule has 2 aliphatic heterocycles. The molecule has 0 saturated carbocycles. The van der Waals surface area contributed by atoms with Crippen molar-refractivity contribution in [1.29, 1.82) is 0 Å². The van der Waals surface area contributed by atoms with Crippen LogP contribution < -0.4 is 10.6 Å². The van der Waals surface area contributed by atoms with Gasteiger partial charge in [-0.1, -0.05) is 0 Å². The summed E-state index contributed by atoms with van der Waals surface area (Å²) in [5.41, 5.74) is 0. The minimum absolute atomic E-state index is 0.177. The molecule has 0 radical (unpaired) electrons. The molecule has 4 heteroatoms. The summed E-state index contributed by atoms with van der Waals surface area (Å²) in [7, 11) is 0. The molecule has 2 saturated heterocycles. The number of nitrogens with one attached hydrogen (secondary N) is 2. The number of hydrogen-bond acceptors (Lipinski definition) is 3. The summed E-state index contributed by atoms with van der Waals surface area (Å²) in [5, 5.41) is 6.15. The largest absolute Gasteiger partial charge is 0.376 e. The fourth-order valence-corrected chi connectivity index (χ4v) is 2.04. The summed E-state index contributed by atoms with van der Waals surface area (Å²) in [6, 6.07) is 0. The van der Waals surface area contributed by atoms with E-state index in [1.165, 1.54) is 0 Å². The Hall–Kier alpha value is -0.610. The highest BCUT2D eigenvalue weighted by molar-refractivity contribution is 5.79. The zero-order valence-corrected chi connectivity index (χ0v) is 8.42. The van der Waals surface area contributed by atoms with Crippen molar-refractivity contribution in [3.8, 4) is 0 Å². The lowest BCUT2D eigenvalue weighted by Gasteiger charge is -2.13.